The first-order valence-electron chi connectivity index (χ1n) is 8.55. The Kier molecular flexibility index (Phi) is 4.96. The first-order valence-corrected chi connectivity index (χ1v) is 10.4. The van der Waals surface area contributed by atoms with Crippen LogP contribution in [0, 0.1) is 0 Å². The molecule has 1 aromatic heterocycles. The minimum absolute atomic E-state index is 0.0465. The van der Waals surface area contributed by atoms with Crippen LogP contribution in [-0.2, 0) is 10.0 Å². The molecule has 0 aliphatic heterocycles. The van der Waals surface area contributed by atoms with Gasteiger partial charge < -0.3 is 4.98 Å². The van der Waals surface area contributed by atoms with Crippen molar-refractivity contribution in [3.63, 3.8) is 0 Å². The summed E-state index contributed by atoms with van der Waals surface area (Å²) in [6.07, 6.45) is 0. The van der Waals surface area contributed by atoms with Gasteiger partial charge in [-0.3, -0.25) is 14.8 Å². The summed E-state index contributed by atoms with van der Waals surface area (Å²) < 4.78 is 27.8. The number of hydrogen-bond donors (Lipinski definition) is 3. The third kappa shape index (κ3) is 4.23. The van der Waals surface area contributed by atoms with E-state index in [2.05, 4.69) is 20.0 Å². The molecule has 9 heteroatoms. The number of benzene rings is 3. The number of anilines is 2. The van der Waals surface area contributed by atoms with E-state index in [0.29, 0.717) is 16.2 Å². The number of para-hydroxylation sites is 2. The molecule has 1 heterocycles. The summed E-state index contributed by atoms with van der Waals surface area (Å²) in [6.45, 7) is 0. The third-order valence-electron chi connectivity index (χ3n) is 4.10. The van der Waals surface area contributed by atoms with Crippen molar-refractivity contribution in [3.05, 3.63) is 83.4 Å². The predicted molar refractivity (Wildman–Crippen MR) is 113 cm³/mol. The molecule has 0 saturated carbocycles. The SMILES string of the molecule is O=C(Nc1nc2ccccc2[nH]1)c1cccc(S(=O)(=O)Nc2cccc(Cl)c2)c1. The number of fused-ring (bicyclic) bond motifs is 1. The molecular formula is C20H15ClN4O3S. The van der Waals surface area contributed by atoms with Crippen molar-refractivity contribution in [2.45, 2.75) is 4.90 Å². The lowest BCUT2D eigenvalue weighted by atomic mass is 10.2. The van der Waals surface area contributed by atoms with Crippen LogP contribution in [0.2, 0.25) is 5.02 Å². The Morgan fingerprint density at radius 2 is 1.76 bits per heavy atom. The van der Waals surface area contributed by atoms with E-state index in [1.54, 1.807) is 18.2 Å². The lowest BCUT2D eigenvalue weighted by Crippen LogP contribution is -2.16. The Morgan fingerprint density at radius 1 is 0.966 bits per heavy atom. The summed E-state index contributed by atoms with van der Waals surface area (Å²) in [4.78, 5) is 19.8. The first kappa shape index (κ1) is 19.0. The van der Waals surface area contributed by atoms with Gasteiger partial charge in [0.25, 0.3) is 15.9 Å². The molecule has 3 N–H and O–H groups in total. The highest BCUT2D eigenvalue weighted by molar-refractivity contribution is 7.92. The largest absolute Gasteiger partial charge is 0.324 e. The summed E-state index contributed by atoms with van der Waals surface area (Å²) >= 11 is 5.90. The minimum atomic E-state index is -3.89. The van der Waals surface area contributed by atoms with Gasteiger partial charge in [0.1, 0.15) is 0 Å². The highest BCUT2D eigenvalue weighted by Gasteiger charge is 2.17. The van der Waals surface area contributed by atoms with E-state index in [1.165, 1.54) is 30.3 Å². The zero-order valence-corrected chi connectivity index (χ0v) is 16.5. The quantitative estimate of drug-likeness (QED) is 0.443. The van der Waals surface area contributed by atoms with Gasteiger partial charge in [-0.1, -0.05) is 35.9 Å². The van der Waals surface area contributed by atoms with Crippen molar-refractivity contribution in [2.24, 2.45) is 0 Å². The van der Waals surface area contributed by atoms with Crippen LogP contribution in [0.5, 0.6) is 0 Å². The second-order valence-corrected chi connectivity index (χ2v) is 8.32. The molecule has 0 radical (unpaired) electrons. The number of aromatic amines is 1. The molecule has 29 heavy (non-hydrogen) atoms. The maximum absolute atomic E-state index is 12.7. The smallest absolute Gasteiger partial charge is 0.261 e. The molecule has 0 saturated heterocycles. The third-order valence-corrected chi connectivity index (χ3v) is 5.72. The van der Waals surface area contributed by atoms with E-state index in [9.17, 15) is 13.2 Å². The van der Waals surface area contributed by atoms with Crippen molar-refractivity contribution < 1.29 is 13.2 Å². The second-order valence-electron chi connectivity index (χ2n) is 6.20. The molecule has 0 atom stereocenters. The zero-order valence-electron chi connectivity index (χ0n) is 14.9. The fourth-order valence-electron chi connectivity index (χ4n) is 2.76. The molecule has 7 nitrogen and oxygen atoms in total. The number of sulfonamides is 1. The summed E-state index contributed by atoms with van der Waals surface area (Å²) in [6, 6.07) is 19.4. The van der Waals surface area contributed by atoms with Crippen LogP contribution >= 0.6 is 11.6 Å². The Labute approximate surface area is 171 Å². The topological polar surface area (TPSA) is 104 Å². The van der Waals surface area contributed by atoms with Gasteiger partial charge in [-0.25, -0.2) is 13.4 Å². The predicted octanol–water partition coefficient (Wildman–Crippen LogP) is 4.27. The van der Waals surface area contributed by atoms with Gasteiger partial charge in [0.2, 0.25) is 5.95 Å². The van der Waals surface area contributed by atoms with Crippen LogP contribution in [0.3, 0.4) is 0 Å². The Bertz CT molecular complexity index is 1290. The fraction of sp³-hybridized carbons (Fsp3) is 0. The molecule has 0 aliphatic rings. The standard InChI is InChI=1S/C20H15ClN4O3S/c21-14-6-4-7-15(12-14)25-29(27,28)16-8-3-5-13(11-16)19(26)24-20-22-17-9-1-2-10-18(17)23-20/h1-12,25H,(H2,22,23,24,26). The van der Waals surface area contributed by atoms with E-state index in [4.69, 9.17) is 11.6 Å². The molecular weight excluding hydrogens is 412 g/mol. The summed E-state index contributed by atoms with van der Waals surface area (Å²) in [5.41, 5.74) is 2.00. The molecule has 146 valence electrons. The van der Waals surface area contributed by atoms with Crippen molar-refractivity contribution in [2.75, 3.05) is 10.0 Å². The van der Waals surface area contributed by atoms with Gasteiger partial charge in [0, 0.05) is 10.6 Å². The van der Waals surface area contributed by atoms with E-state index >= 15 is 0 Å². The highest BCUT2D eigenvalue weighted by atomic mass is 35.5. The number of nitrogens with one attached hydrogen (secondary N) is 3. The van der Waals surface area contributed by atoms with Crippen LogP contribution < -0.4 is 10.0 Å². The molecule has 0 fully saturated rings. The lowest BCUT2D eigenvalue weighted by Gasteiger charge is -2.09. The number of carbonyl (C=O) groups excluding carboxylic acids is 1. The number of aromatic nitrogens is 2. The average Bonchev–Trinajstić information content (AvgIpc) is 3.10. The van der Waals surface area contributed by atoms with E-state index in [1.807, 2.05) is 24.3 Å². The number of amides is 1. The van der Waals surface area contributed by atoms with E-state index in [-0.39, 0.29) is 16.4 Å². The summed E-state index contributed by atoms with van der Waals surface area (Å²) in [7, 11) is -3.89. The maximum Gasteiger partial charge on any atom is 0.261 e. The normalized spacial score (nSPS) is 11.3. The summed E-state index contributed by atoms with van der Waals surface area (Å²) in [5.74, 6) is -0.203. The van der Waals surface area contributed by atoms with Gasteiger partial charge in [-0.2, -0.15) is 0 Å². The Morgan fingerprint density at radius 3 is 2.55 bits per heavy atom. The van der Waals surface area contributed by atoms with Gasteiger partial charge >= 0.3 is 0 Å². The Hall–Kier alpha value is -3.36. The van der Waals surface area contributed by atoms with Gasteiger partial charge in [-0.05, 0) is 48.5 Å². The second kappa shape index (κ2) is 7.57. The molecule has 0 bridgehead atoms. The molecule has 4 aromatic rings. The number of halogens is 1. The fourth-order valence-corrected chi connectivity index (χ4v) is 4.05. The van der Waals surface area contributed by atoms with Crippen molar-refractivity contribution in [3.8, 4) is 0 Å². The lowest BCUT2D eigenvalue weighted by molar-refractivity contribution is 0.102. The average molecular weight is 427 g/mol. The number of hydrogen-bond acceptors (Lipinski definition) is 4. The number of carbonyl (C=O) groups is 1. The number of H-pyrrole nitrogens is 1. The van der Waals surface area contributed by atoms with Crippen LogP contribution in [0.1, 0.15) is 10.4 Å². The number of nitrogens with zero attached hydrogens (tertiary/aromatic N) is 1. The minimum Gasteiger partial charge on any atom is -0.324 e. The van der Waals surface area contributed by atoms with Crippen LogP contribution in [0.15, 0.2) is 77.7 Å². The van der Waals surface area contributed by atoms with Crippen molar-refractivity contribution in [1.29, 1.82) is 0 Å². The molecule has 3 aromatic carbocycles. The molecule has 0 spiro atoms. The van der Waals surface area contributed by atoms with E-state index in [0.717, 1.165) is 5.52 Å². The van der Waals surface area contributed by atoms with E-state index < -0.39 is 15.9 Å². The number of imidazole rings is 1. The van der Waals surface area contributed by atoms with Gasteiger partial charge in [0.05, 0.1) is 21.6 Å². The molecule has 1 amide bonds. The molecule has 4 rings (SSSR count). The first-order chi connectivity index (χ1) is 13.9. The summed E-state index contributed by atoms with van der Waals surface area (Å²) in [5, 5.41) is 3.05. The van der Waals surface area contributed by atoms with Crippen molar-refractivity contribution >= 4 is 50.2 Å². The van der Waals surface area contributed by atoms with Crippen molar-refractivity contribution in [1.82, 2.24) is 9.97 Å². The maximum atomic E-state index is 12.7. The van der Waals surface area contributed by atoms with Crippen LogP contribution in [-0.4, -0.2) is 24.3 Å². The monoisotopic (exact) mass is 426 g/mol. The molecule has 0 aliphatic carbocycles. The number of rotatable bonds is 5. The zero-order chi connectivity index (χ0) is 20.4. The van der Waals surface area contributed by atoms with Gasteiger partial charge in [0.15, 0.2) is 0 Å². The Balaban J connectivity index is 1.56. The van der Waals surface area contributed by atoms with Crippen LogP contribution in [0.4, 0.5) is 11.6 Å². The van der Waals surface area contributed by atoms with Crippen LogP contribution in [0.25, 0.3) is 11.0 Å². The highest BCUT2D eigenvalue weighted by Crippen LogP contribution is 2.21. The van der Waals surface area contributed by atoms with Gasteiger partial charge in [-0.15, -0.1) is 0 Å². The molecule has 0 unspecified atom stereocenters.